The third kappa shape index (κ3) is 2.61. The van der Waals surface area contributed by atoms with Crippen molar-refractivity contribution in [1.29, 1.82) is 0 Å². The van der Waals surface area contributed by atoms with Crippen LogP contribution in [0.15, 0.2) is 23.0 Å². The van der Waals surface area contributed by atoms with E-state index in [1.165, 1.54) is 6.33 Å². The topological polar surface area (TPSA) is 84.2 Å². The molecule has 0 unspecified atom stereocenters. The highest BCUT2D eigenvalue weighted by molar-refractivity contribution is 5.93. The van der Waals surface area contributed by atoms with Gasteiger partial charge in [-0.3, -0.25) is 4.79 Å². The van der Waals surface area contributed by atoms with Gasteiger partial charge < -0.3 is 14.7 Å². The average molecular weight is 273 g/mol. The monoisotopic (exact) mass is 273 g/mol. The van der Waals surface area contributed by atoms with Crippen LogP contribution in [0.5, 0.6) is 0 Å². The lowest BCUT2D eigenvalue weighted by atomic mass is 10.3. The first-order valence-corrected chi connectivity index (χ1v) is 6.54. The summed E-state index contributed by atoms with van der Waals surface area (Å²) in [6, 6.07) is 3.38. The number of aryl methyl sites for hydroxylation is 1. The van der Waals surface area contributed by atoms with E-state index in [2.05, 4.69) is 20.4 Å². The zero-order valence-corrected chi connectivity index (χ0v) is 11.2. The van der Waals surface area contributed by atoms with Gasteiger partial charge in [-0.2, -0.15) is 0 Å². The molecule has 104 valence electrons. The fourth-order valence-corrected chi connectivity index (χ4v) is 2.18. The first-order valence-electron chi connectivity index (χ1n) is 6.54. The maximum Gasteiger partial charge on any atom is 0.272 e. The molecule has 0 atom stereocenters. The van der Waals surface area contributed by atoms with Gasteiger partial charge >= 0.3 is 0 Å². The molecule has 1 saturated heterocycles. The fraction of sp³-hybridized carbons (Fsp3) is 0.385. The molecule has 1 amide bonds. The molecule has 3 rings (SSSR count). The van der Waals surface area contributed by atoms with E-state index < -0.39 is 0 Å². The number of amides is 1. The molecule has 2 aromatic rings. The minimum Gasteiger partial charge on any atom is -0.360 e. The Labute approximate surface area is 116 Å². The van der Waals surface area contributed by atoms with Crippen molar-refractivity contribution in [1.82, 2.24) is 20.0 Å². The molecule has 0 aromatic carbocycles. The van der Waals surface area contributed by atoms with Gasteiger partial charge in [0.1, 0.15) is 23.6 Å². The van der Waals surface area contributed by atoms with Crippen LogP contribution in [-0.2, 0) is 0 Å². The molecule has 1 aliphatic rings. The number of nitrogens with zero attached hydrogens (tertiary/aromatic N) is 4. The maximum absolute atomic E-state index is 12.2. The molecule has 20 heavy (non-hydrogen) atoms. The number of rotatable bonds is 3. The van der Waals surface area contributed by atoms with E-state index in [4.69, 9.17) is 4.52 Å². The first-order chi connectivity index (χ1) is 9.72. The van der Waals surface area contributed by atoms with Crippen LogP contribution in [0, 0.1) is 6.92 Å². The van der Waals surface area contributed by atoms with Gasteiger partial charge in [0, 0.05) is 25.2 Å². The summed E-state index contributed by atoms with van der Waals surface area (Å²) in [6.07, 6.45) is 3.48. The average Bonchev–Trinajstić information content (AvgIpc) is 3.10. The zero-order valence-electron chi connectivity index (χ0n) is 11.2. The van der Waals surface area contributed by atoms with Gasteiger partial charge in [0.15, 0.2) is 5.82 Å². The highest BCUT2D eigenvalue weighted by Gasteiger charge is 2.20. The molecule has 0 radical (unpaired) electrons. The maximum atomic E-state index is 12.2. The Bertz CT molecular complexity index is 619. The van der Waals surface area contributed by atoms with E-state index in [0.717, 1.165) is 25.9 Å². The summed E-state index contributed by atoms with van der Waals surface area (Å²) in [5.74, 6) is 1.73. The molecule has 0 spiro atoms. The van der Waals surface area contributed by atoms with Gasteiger partial charge in [-0.1, -0.05) is 5.16 Å². The summed E-state index contributed by atoms with van der Waals surface area (Å²) < 4.78 is 4.96. The van der Waals surface area contributed by atoms with Crippen LogP contribution < -0.4 is 5.32 Å². The van der Waals surface area contributed by atoms with Crippen molar-refractivity contribution >= 4 is 17.5 Å². The summed E-state index contributed by atoms with van der Waals surface area (Å²) in [5, 5.41) is 6.81. The van der Waals surface area contributed by atoms with Crippen LogP contribution in [-0.4, -0.2) is 39.0 Å². The molecular weight excluding hydrogens is 258 g/mol. The predicted molar refractivity (Wildman–Crippen MR) is 71.7 cm³/mol. The minimum absolute atomic E-state index is 0.0516. The molecule has 0 bridgehead atoms. The van der Waals surface area contributed by atoms with Gasteiger partial charge in [0.2, 0.25) is 0 Å². The number of carbonyl (C=O) groups excluding carboxylic acids is 1. The third-order valence-electron chi connectivity index (χ3n) is 3.16. The van der Waals surface area contributed by atoms with Crippen LogP contribution in [0.1, 0.15) is 29.1 Å². The molecule has 7 heteroatoms. The largest absolute Gasteiger partial charge is 0.360 e. The fourth-order valence-electron chi connectivity index (χ4n) is 2.18. The summed E-state index contributed by atoms with van der Waals surface area (Å²) in [4.78, 5) is 22.2. The van der Waals surface area contributed by atoms with Crippen LogP contribution in [0.25, 0.3) is 0 Å². The molecule has 2 aromatic heterocycles. The summed E-state index contributed by atoms with van der Waals surface area (Å²) >= 11 is 0. The van der Waals surface area contributed by atoms with Crippen molar-refractivity contribution in [2.75, 3.05) is 18.4 Å². The van der Waals surface area contributed by atoms with Gasteiger partial charge in [0.25, 0.3) is 5.91 Å². The second-order valence-corrected chi connectivity index (χ2v) is 4.74. The van der Waals surface area contributed by atoms with Crippen molar-refractivity contribution in [2.24, 2.45) is 0 Å². The lowest BCUT2D eigenvalue weighted by Crippen LogP contribution is -2.28. The van der Waals surface area contributed by atoms with Gasteiger partial charge in [-0.05, 0) is 19.8 Å². The van der Waals surface area contributed by atoms with Gasteiger partial charge in [0.05, 0.1) is 0 Å². The van der Waals surface area contributed by atoms with Gasteiger partial charge in [-0.15, -0.1) is 0 Å². The smallest absolute Gasteiger partial charge is 0.272 e. The third-order valence-corrected chi connectivity index (χ3v) is 3.16. The highest BCUT2D eigenvalue weighted by atomic mass is 16.5. The van der Waals surface area contributed by atoms with E-state index in [1.807, 2.05) is 4.90 Å². The Morgan fingerprint density at radius 2 is 2.05 bits per heavy atom. The normalized spacial score (nSPS) is 14.6. The van der Waals surface area contributed by atoms with Crippen LogP contribution in [0.3, 0.4) is 0 Å². The number of likely N-dealkylation sites (tertiary alicyclic amines) is 1. The molecule has 7 nitrogen and oxygen atoms in total. The first kappa shape index (κ1) is 12.6. The Balaban J connectivity index is 1.76. The standard InChI is InChI=1S/C13H15N5O2/c1-9-6-12(17-20-9)16-11-7-10(14-8-15-11)13(19)18-4-2-3-5-18/h6-8H,2-5H2,1H3,(H,14,15,16,17). The van der Waals surface area contributed by atoms with E-state index in [0.29, 0.717) is 23.1 Å². The zero-order chi connectivity index (χ0) is 13.9. The Kier molecular flexibility index (Phi) is 3.32. The van der Waals surface area contributed by atoms with Gasteiger partial charge in [-0.25, -0.2) is 9.97 Å². The Morgan fingerprint density at radius 1 is 1.25 bits per heavy atom. The number of anilines is 2. The van der Waals surface area contributed by atoms with E-state index in [9.17, 15) is 4.79 Å². The number of hydrogen-bond acceptors (Lipinski definition) is 6. The molecule has 0 aliphatic carbocycles. The molecule has 3 heterocycles. The van der Waals surface area contributed by atoms with Crippen LogP contribution >= 0.6 is 0 Å². The number of carbonyl (C=O) groups is 1. The van der Waals surface area contributed by atoms with E-state index >= 15 is 0 Å². The Hall–Kier alpha value is -2.44. The van der Waals surface area contributed by atoms with Crippen LogP contribution in [0.4, 0.5) is 11.6 Å². The molecule has 0 saturated carbocycles. The predicted octanol–water partition coefficient (Wildman–Crippen LogP) is 1.75. The lowest BCUT2D eigenvalue weighted by Gasteiger charge is -2.14. The molecule has 1 N–H and O–H groups in total. The lowest BCUT2D eigenvalue weighted by molar-refractivity contribution is 0.0787. The van der Waals surface area contributed by atoms with Crippen molar-refractivity contribution < 1.29 is 9.32 Å². The highest BCUT2D eigenvalue weighted by Crippen LogP contribution is 2.16. The molecule has 1 aliphatic heterocycles. The SMILES string of the molecule is Cc1cc(Nc2cc(C(=O)N3CCCC3)ncn2)no1. The van der Waals surface area contributed by atoms with Crippen LogP contribution in [0.2, 0.25) is 0 Å². The number of hydrogen-bond donors (Lipinski definition) is 1. The quantitative estimate of drug-likeness (QED) is 0.917. The number of aromatic nitrogens is 3. The number of nitrogens with one attached hydrogen (secondary N) is 1. The Morgan fingerprint density at radius 3 is 2.75 bits per heavy atom. The van der Waals surface area contributed by atoms with E-state index in [1.54, 1.807) is 19.1 Å². The van der Waals surface area contributed by atoms with E-state index in [-0.39, 0.29) is 5.91 Å². The molecular formula is C13H15N5O2. The second-order valence-electron chi connectivity index (χ2n) is 4.74. The summed E-state index contributed by atoms with van der Waals surface area (Å²) in [7, 11) is 0. The van der Waals surface area contributed by atoms with Crippen molar-refractivity contribution in [3.63, 3.8) is 0 Å². The summed E-state index contributed by atoms with van der Waals surface area (Å²) in [5.41, 5.74) is 0.393. The summed E-state index contributed by atoms with van der Waals surface area (Å²) in [6.45, 7) is 3.41. The van der Waals surface area contributed by atoms with Crippen molar-refractivity contribution in [2.45, 2.75) is 19.8 Å². The van der Waals surface area contributed by atoms with Crippen molar-refractivity contribution in [3.05, 3.63) is 29.9 Å². The van der Waals surface area contributed by atoms with Crippen molar-refractivity contribution in [3.8, 4) is 0 Å². The minimum atomic E-state index is -0.0516. The second kappa shape index (κ2) is 5.28. The molecule has 1 fully saturated rings.